The van der Waals surface area contributed by atoms with Crippen LogP contribution in [0.5, 0.6) is 0 Å². The van der Waals surface area contributed by atoms with Crippen LogP contribution in [0.15, 0.2) is 30.6 Å². The standard InChI is InChI=1S/C14H18N2S/c1-10-8-15-7-6-13(10)9-16-12(3)14-5-4-11(2)17-14/h4-8,12,16H,9H2,1-3H3. The summed E-state index contributed by atoms with van der Waals surface area (Å²) < 4.78 is 0. The van der Waals surface area contributed by atoms with Gasteiger partial charge in [-0.15, -0.1) is 11.3 Å². The van der Waals surface area contributed by atoms with Crippen molar-refractivity contribution in [1.82, 2.24) is 10.3 Å². The van der Waals surface area contributed by atoms with Crippen LogP contribution in [0.2, 0.25) is 0 Å². The topological polar surface area (TPSA) is 24.9 Å². The van der Waals surface area contributed by atoms with Gasteiger partial charge in [0.1, 0.15) is 0 Å². The van der Waals surface area contributed by atoms with Crippen LogP contribution in [0.1, 0.15) is 33.8 Å². The highest BCUT2D eigenvalue weighted by molar-refractivity contribution is 7.12. The molecular weight excluding hydrogens is 228 g/mol. The summed E-state index contributed by atoms with van der Waals surface area (Å²) in [7, 11) is 0. The van der Waals surface area contributed by atoms with Gasteiger partial charge in [0, 0.05) is 34.7 Å². The lowest BCUT2D eigenvalue weighted by Gasteiger charge is -2.13. The van der Waals surface area contributed by atoms with Crippen molar-refractivity contribution in [2.24, 2.45) is 0 Å². The summed E-state index contributed by atoms with van der Waals surface area (Å²) in [6.45, 7) is 7.35. The molecule has 2 heterocycles. The molecule has 0 aliphatic rings. The Morgan fingerprint density at radius 1 is 1.29 bits per heavy atom. The van der Waals surface area contributed by atoms with Crippen LogP contribution < -0.4 is 5.32 Å². The summed E-state index contributed by atoms with van der Waals surface area (Å²) in [5.74, 6) is 0. The molecule has 1 atom stereocenters. The van der Waals surface area contributed by atoms with E-state index in [9.17, 15) is 0 Å². The number of pyridine rings is 1. The van der Waals surface area contributed by atoms with Crippen molar-refractivity contribution >= 4 is 11.3 Å². The number of nitrogens with one attached hydrogen (secondary N) is 1. The molecule has 2 aromatic heterocycles. The monoisotopic (exact) mass is 246 g/mol. The molecule has 2 nitrogen and oxygen atoms in total. The van der Waals surface area contributed by atoms with Gasteiger partial charge < -0.3 is 5.32 Å². The largest absolute Gasteiger partial charge is 0.305 e. The van der Waals surface area contributed by atoms with Crippen LogP contribution in [0, 0.1) is 13.8 Å². The van der Waals surface area contributed by atoms with Crippen molar-refractivity contribution in [3.63, 3.8) is 0 Å². The molecule has 0 aliphatic carbocycles. The third-order valence-corrected chi connectivity index (χ3v) is 4.11. The maximum atomic E-state index is 4.11. The molecule has 2 rings (SSSR count). The van der Waals surface area contributed by atoms with Crippen molar-refractivity contribution in [3.8, 4) is 0 Å². The van der Waals surface area contributed by atoms with Gasteiger partial charge in [-0.2, -0.15) is 0 Å². The van der Waals surface area contributed by atoms with E-state index in [1.54, 1.807) is 0 Å². The Morgan fingerprint density at radius 2 is 2.12 bits per heavy atom. The normalized spacial score (nSPS) is 12.6. The summed E-state index contributed by atoms with van der Waals surface area (Å²) >= 11 is 1.86. The molecule has 0 bridgehead atoms. The molecule has 0 aromatic carbocycles. The Kier molecular flexibility index (Phi) is 3.92. The minimum Gasteiger partial charge on any atom is -0.305 e. The Labute approximate surface area is 107 Å². The van der Waals surface area contributed by atoms with Crippen LogP contribution in [0.4, 0.5) is 0 Å². The van der Waals surface area contributed by atoms with Crippen molar-refractivity contribution in [1.29, 1.82) is 0 Å². The highest BCUT2D eigenvalue weighted by Crippen LogP contribution is 2.22. The molecule has 0 spiro atoms. The summed E-state index contributed by atoms with van der Waals surface area (Å²) in [4.78, 5) is 6.87. The van der Waals surface area contributed by atoms with Gasteiger partial charge in [0.2, 0.25) is 0 Å². The Balaban J connectivity index is 1.97. The minimum atomic E-state index is 0.404. The number of nitrogens with zero attached hydrogens (tertiary/aromatic N) is 1. The molecule has 0 aliphatic heterocycles. The molecule has 3 heteroatoms. The van der Waals surface area contributed by atoms with Gasteiger partial charge in [-0.3, -0.25) is 4.98 Å². The van der Waals surface area contributed by atoms with Gasteiger partial charge in [-0.1, -0.05) is 0 Å². The highest BCUT2D eigenvalue weighted by Gasteiger charge is 2.07. The number of thiophene rings is 1. The Hall–Kier alpha value is -1.19. The van der Waals surface area contributed by atoms with E-state index < -0.39 is 0 Å². The zero-order valence-corrected chi connectivity index (χ0v) is 11.3. The summed E-state index contributed by atoms with van der Waals surface area (Å²) in [6.07, 6.45) is 3.76. The minimum absolute atomic E-state index is 0.404. The Bertz CT molecular complexity index is 490. The smallest absolute Gasteiger partial charge is 0.0388 e. The molecule has 17 heavy (non-hydrogen) atoms. The predicted molar refractivity (Wildman–Crippen MR) is 73.3 cm³/mol. The molecule has 1 N–H and O–H groups in total. The fourth-order valence-electron chi connectivity index (χ4n) is 1.75. The zero-order valence-electron chi connectivity index (χ0n) is 10.5. The second kappa shape index (κ2) is 5.43. The summed E-state index contributed by atoms with van der Waals surface area (Å²) in [5.41, 5.74) is 2.56. The molecule has 90 valence electrons. The first kappa shape index (κ1) is 12.3. The number of aryl methyl sites for hydroxylation is 2. The van der Waals surface area contributed by atoms with Crippen molar-refractivity contribution in [2.45, 2.75) is 33.4 Å². The van der Waals surface area contributed by atoms with E-state index in [2.05, 4.69) is 49.3 Å². The van der Waals surface area contributed by atoms with Gasteiger partial charge in [0.05, 0.1) is 0 Å². The first-order valence-electron chi connectivity index (χ1n) is 5.86. The SMILES string of the molecule is Cc1ccc(C(C)NCc2ccncc2C)s1. The van der Waals surface area contributed by atoms with Crippen molar-refractivity contribution in [2.75, 3.05) is 0 Å². The Morgan fingerprint density at radius 3 is 2.76 bits per heavy atom. The second-order valence-corrected chi connectivity index (χ2v) is 5.67. The first-order valence-corrected chi connectivity index (χ1v) is 6.67. The lowest BCUT2D eigenvalue weighted by Crippen LogP contribution is -2.17. The predicted octanol–water partition coefficient (Wildman–Crippen LogP) is 3.61. The number of hydrogen-bond acceptors (Lipinski definition) is 3. The molecular formula is C14H18N2S. The van der Waals surface area contributed by atoms with Crippen LogP contribution in [0.25, 0.3) is 0 Å². The maximum Gasteiger partial charge on any atom is 0.0388 e. The first-order chi connectivity index (χ1) is 8.16. The van der Waals surface area contributed by atoms with E-state index in [1.165, 1.54) is 20.9 Å². The molecule has 0 radical (unpaired) electrons. The van der Waals surface area contributed by atoms with E-state index in [4.69, 9.17) is 0 Å². The van der Waals surface area contributed by atoms with Gasteiger partial charge in [-0.25, -0.2) is 0 Å². The molecule has 1 unspecified atom stereocenters. The fraction of sp³-hybridized carbons (Fsp3) is 0.357. The maximum absolute atomic E-state index is 4.11. The molecule has 2 aromatic rings. The van der Waals surface area contributed by atoms with E-state index in [1.807, 2.05) is 23.7 Å². The number of rotatable bonds is 4. The van der Waals surface area contributed by atoms with Gasteiger partial charge in [-0.05, 0) is 50.1 Å². The molecule has 0 saturated heterocycles. The average molecular weight is 246 g/mol. The number of hydrogen-bond donors (Lipinski definition) is 1. The van der Waals surface area contributed by atoms with E-state index in [0.29, 0.717) is 6.04 Å². The van der Waals surface area contributed by atoms with E-state index >= 15 is 0 Å². The highest BCUT2D eigenvalue weighted by atomic mass is 32.1. The van der Waals surface area contributed by atoms with Gasteiger partial charge >= 0.3 is 0 Å². The van der Waals surface area contributed by atoms with Crippen molar-refractivity contribution < 1.29 is 0 Å². The number of aromatic nitrogens is 1. The van der Waals surface area contributed by atoms with Crippen LogP contribution in [-0.4, -0.2) is 4.98 Å². The van der Waals surface area contributed by atoms with E-state index in [0.717, 1.165) is 6.54 Å². The lowest BCUT2D eigenvalue weighted by molar-refractivity contribution is 0.581. The quantitative estimate of drug-likeness (QED) is 0.891. The molecule has 0 saturated carbocycles. The average Bonchev–Trinajstić information content (AvgIpc) is 2.74. The molecule has 0 fully saturated rings. The lowest BCUT2D eigenvalue weighted by atomic mass is 10.1. The fourth-order valence-corrected chi connectivity index (χ4v) is 2.65. The van der Waals surface area contributed by atoms with Crippen LogP contribution >= 0.6 is 11.3 Å². The third kappa shape index (κ3) is 3.14. The van der Waals surface area contributed by atoms with E-state index in [-0.39, 0.29) is 0 Å². The summed E-state index contributed by atoms with van der Waals surface area (Å²) in [6, 6.07) is 6.86. The van der Waals surface area contributed by atoms with Crippen LogP contribution in [-0.2, 0) is 6.54 Å². The van der Waals surface area contributed by atoms with Gasteiger partial charge in [0.25, 0.3) is 0 Å². The van der Waals surface area contributed by atoms with Crippen LogP contribution in [0.3, 0.4) is 0 Å². The second-order valence-electron chi connectivity index (χ2n) is 4.35. The van der Waals surface area contributed by atoms with Crippen molar-refractivity contribution in [3.05, 3.63) is 51.5 Å². The third-order valence-electron chi connectivity index (χ3n) is 2.92. The zero-order chi connectivity index (χ0) is 12.3. The summed E-state index contributed by atoms with van der Waals surface area (Å²) in [5, 5.41) is 3.55. The van der Waals surface area contributed by atoms with Gasteiger partial charge in [0.15, 0.2) is 0 Å². The molecule has 0 amide bonds.